The van der Waals surface area contributed by atoms with Crippen molar-refractivity contribution >= 4 is 22.2 Å². The van der Waals surface area contributed by atoms with Crippen molar-refractivity contribution in [2.45, 2.75) is 33.2 Å². The number of pyridine rings is 1. The van der Waals surface area contributed by atoms with Crippen LogP contribution in [0.2, 0.25) is 0 Å². The molecule has 32 heavy (non-hydrogen) atoms. The number of aromatic nitrogens is 6. The van der Waals surface area contributed by atoms with E-state index in [1.165, 1.54) is 10.9 Å². The summed E-state index contributed by atoms with van der Waals surface area (Å²) in [5.41, 5.74) is 2.73. The first-order valence-electron chi connectivity index (χ1n) is 10.1. The molecule has 1 unspecified atom stereocenters. The van der Waals surface area contributed by atoms with Crippen molar-refractivity contribution in [3.05, 3.63) is 64.5 Å². The van der Waals surface area contributed by atoms with Gasteiger partial charge in [0.2, 0.25) is 0 Å². The summed E-state index contributed by atoms with van der Waals surface area (Å²) in [6, 6.07) is 9.12. The highest BCUT2D eigenvalue weighted by Gasteiger charge is 2.14. The molecule has 0 fully saturated rings. The van der Waals surface area contributed by atoms with Gasteiger partial charge >= 0.3 is 0 Å². The fourth-order valence-electron chi connectivity index (χ4n) is 3.51. The lowest BCUT2D eigenvalue weighted by Crippen LogP contribution is -2.21. The summed E-state index contributed by atoms with van der Waals surface area (Å²) in [6.45, 7) is 6.21. The smallest absolute Gasteiger partial charge is 0.266 e. The van der Waals surface area contributed by atoms with E-state index in [0.717, 1.165) is 11.1 Å². The van der Waals surface area contributed by atoms with Crippen LogP contribution in [0.25, 0.3) is 28.2 Å². The topological polar surface area (TPSA) is 131 Å². The van der Waals surface area contributed by atoms with Gasteiger partial charge in [0.25, 0.3) is 5.56 Å². The van der Waals surface area contributed by atoms with E-state index >= 15 is 0 Å². The zero-order chi connectivity index (χ0) is 22.8. The maximum atomic E-state index is 13.3. The molecule has 0 radical (unpaired) electrons. The molecule has 4 rings (SSSR count). The molecule has 3 heterocycles. The summed E-state index contributed by atoms with van der Waals surface area (Å²) in [7, 11) is 0. The molecule has 166 valence electrons. The number of fused-ring (bicyclic) bond motifs is 1. The van der Waals surface area contributed by atoms with E-state index in [2.05, 4.69) is 24.9 Å². The Hall–Kier alpha value is -3.28. The van der Waals surface area contributed by atoms with Crippen LogP contribution in [0.1, 0.15) is 31.0 Å². The number of hydrogen-bond acceptors (Lipinski definition) is 7. The van der Waals surface area contributed by atoms with Gasteiger partial charge in [-0.25, -0.2) is 14.7 Å². The fraction of sp³-hybridized carbons (Fsp3) is 0.286. The van der Waals surface area contributed by atoms with Gasteiger partial charge in [0, 0.05) is 23.9 Å². The average molecular weight is 453 g/mol. The highest BCUT2D eigenvalue weighted by atomic mass is 32.2. The third kappa shape index (κ3) is 4.35. The molecule has 1 atom stereocenters. The Labute approximate surface area is 186 Å². The Bertz CT molecular complexity index is 1360. The predicted molar refractivity (Wildman–Crippen MR) is 120 cm³/mol. The lowest BCUT2D eigenvalue weighted by atomic mass is 10.0. The number of nitrogens with one attached hydrogen (secondary N) is 1. The van der Waals surface area contributed by atoms with Crippen LogP contribution in [0.4, 0.5) is 0 Å². The third-order valence-electron chi connectivity index (χ3n) is 5.17. The Morgan fingerprint density at radius 2 is 2.03 bits per heavy atom. The largest absolute Gasteiger partial charge is 0.760 e. The van der Waals surface area contributed by atoms with Crippen molar-refractivity contribution in [2.75, 3.05) is 6.54 Å². The minimum atomic E-state index is -2.32. The van der Waals surface area contributed by atoms with Crippen molar-refractivity contribution in [2.24, 2.45) is 0 Å². The number of rotatable bonds is 7. The van der Waals surface area contributed by atoms with E-state index in [-0.39, 0.29) is 18.1 Å². The van der Waals surface area contributed by atoms with E-state index in [1.54, 1.807) is 18.5 Å². The SMILES string of the molecule is Cc1cc2ncn(-c3cccc(-c4nncn4C(C)C)n3)c(=O)c2cc1CCNS(=O)[O-]. The molecule has 0 bridgehead atoms. The summed E-state index contributed by atoms with van der Waals surface area (Å²) < 4.78 is 27.1. The van der Waals surface area contributed by atoms with Gasteiger partial charge in [-0.3, -0.25) is 13.6 Å². The van der Waals surface area contributed by atoms with Gasteiger partial charge in [-0.1, -0.05) is 6.07 Å². The molecule has 4 aromatic rings. The van der Waals surface area contributed by atoms with Crippen molar-refractivity contribution in [3.8, 4) is 17.3 Å². The Balaban J connectivity index is 1.76. The minimum Gasteiger partial charge on any atom is -0.760 e. The van der Waals surface area contributed by atoms with Crippen LogP contribution in [-0.2, 0) is 17.7 Å². The predicted octanol–water partition coefficient (Wildman–Crippen LogP) is 1.85. The van der Waals surface area contributed by atoms with Gasteiger partial charge in [0.15, 0.2) is 5.82 Å². The Kier molecular flexibility index (Phi) is 6.21. The van der Waals surface area contributed by atoms with E-state index < -0.39 is 11.3 Å². The highest BCUT2D eigenvalue weighted by molar-refractivity contribution is 7.77. The first-order valence-corrected chi connectivity index (χ1v) is 11.1. The summed E-state index contributed by atoms with van der Waals surface area (Å²) in [5.74, 6) is 1.04. The molecule has 11 heteroatoms. The van der Waals surface area contributed by atoms with Gasteiger partial charge in [-0.05, 0) is 62.6 Å². The van der Waals surface area contributed by atoms with Crippen LogP contribution in [-0.4, -0.2) is 44.6 Å². The van der Waals surface area contributed by atoms with Crippen LogP contribution in [0.15, 0.2) is 47.8 Å². The molecule has 3 aromatic heterocycles. The van der Waals surface area contributed by atoms with Crippen molar-refractivity contribution < 1.29 is 8.76 Å². The fourth-order valence-corrected chi connectivity index (χ4v) is 3.77. The van der Waals surface area contributed by atoms with Gasteiger partial charge in [-0.15, -0.1) is 10.2 Å². The molecule has 0 saturated heterocycles. The minimum absolute atomic E-state index is 0.158. The molecule has 1 aromatic carbocycles. The third-order valence-corrected chi connectivity index (χ3v) is 5.61. The molecule has 10 nitrogen and oxygen atoms in total. The zero-order valence-corrected chi connectivity index (χ0v) is 18.7. The van der Waals surface area contributed by atoms with E-state index in [9.17, 15) is 13.6 Å². The monoisotopic (exact) mass is 452 g/mol. The normalized spacial score (nSPS) is 12.5. The Morgan fingerprint density at radius 3 is 2.78 bits per heavy atom. The van der Waals surface area contributed by atoms with Crippen LogP contribution >= 0.6 is 0 Å². The van der Waals surface area contributed by atoms with Gasteiger partial charge in [0.05, 0.1) is 10.9 Å². The molecule has 0 spiro atoms. The van der Waals surface area contributed by atoms with E-state index in [1.807, 2.05) is 43.5 Å². The van der Waals surface area contributed by atoms with Crippen LogP contribution in [0, 0.1) is 6.92 Å². The molecule has 0 aliphatic heterocycles. The summed E-state index contributed by atoms with van der Waals surface area (Å²) in [5, 5.41) is 8.60. The Morgan fingerprint density at radius 1 is 1.22 bits per heavy atom. The van der Waals surface area contributed by atoms with Crippen molar-refractivity contribution in [1.29, 1.82) is 0 Å². The molecule has 0 aliphatic rings. The van der Waals surface area contributed by atoms with E-state index in [4.69, 9.17) is 0 Å². The van der Waals surface area contributed by atoms with Gasteiger partial charge in [0.1, 0.15) is 24.2 Å². The standard InChI is InChI=1S/C21H23N7O3S/c1-13(2)27-12-23-26-20(27)17-5-4-6-19(25-17)28-11-22-18-9-14(3)15(7-8-24-32(30)31)10-16(18)21(28)29/h4-6,9-13,24H,7-8H2,1-3H3,(H,30,31)/p-1. The molecule has 0 amide bonds. The molecular formula is C21H22N7O3S-. The quantitative estimate of drug-likeness (QED) is 0.423. The molecular weight excluding hydrogens is 430 g/mol. The van der Waals surface area contributed by atoms with Crippen molar-refractivity contribution in [3.63, 3.8) is 0 Å². The zero-order valence-electron chi connectivity index (χ0n) is 17.8. The number of hydrogen-bond donors (Lipinski definition) is 1. The van der Waals surface area contributed by atoms with Crippen LogP contribution in [0.5, 0.6) is 0 Å². The second-order valence-corrected chi connectivity index (χ2v) is 8.39. The lowest BCUT2D eigenvalue weighted by Gasteiger charge is -2.12. The highest BCUT2D eigenvalue weighted by Crippen LogP contribution is 2.20. The van der Waals surface area contributed by atoms with Gasteiger partial charge < -0.3 is 9.12 Å². The first kappa shape index (κ1) is 21.9. The number of benzene rings is 1. The second-order valence-electron chi connectivity index (χ2n) is 7.63. The first-order chi connectivity index (χ1) is 15.3. The maximum absolute atomic E-state index is 13.3. The summed E-state index contributed by atoms with van der Waals surface area (Å²) in [6.07, 6.45) is 3.58. The summed E-state index contributed by atoms with van der Waals surface area (Å²) in [4.78, 5) is 22.4. The number of nitrogens with zero attached hydrogens (tertiary/aromatic N) is 6. The van der Waals surface area contributed by atoms with Crippen LogP contribution in [0.3, 0.4) is 0 Å². The number of aryl methyl sites for hydroxylation is 1. The van der Waals surface area contributed by atoms with E-state index in [0.29, 0.717) is 34.7 Å². The maximum Gasteiger partial charge on any atom is 0.266 e. The second kappa shape index (κ2) is 9.07. The van der Waals surface area contributed by atoms with Gasteiger partial charge in [-0.2, -0.15) is 0 Å². The van der Waals surface area contributed by atoms with Crippen LogP contribution < -0.4 is 10.3 Å². The molecule has 0 aliphatic carbocycles. The molecule has 1 N–H and O–H groups in total. The molecule has 0 saturated carbocycles. The average Bonchev–Trinajstić information content (AvgIpc) is 3.25. The summed E-state index contributed by atoms with van der Waals surface area (Å²) >= 11 is -2.32. The lowest BCUT2D eigenvalue weighted by molar-refractivity contribution is 0.523. The van der Waals surface area contributed by atoms with Crippen molar-refractivity contribution in [1.82, 2.24) is 34.0 Å².